The summed E-state index contributed by atoms with van der Waals surface area (Å²) in [7, 11) is 0. The maximum absolute atomic E-state index is 7.13. The zero-order chi connectivity index (χ0) is 20.4. The van der Waals surface area contributed by atoms with Crippen LogP contribution < -0.4 is 5.73 Å². The Hall–Kier alpha value is -0.0400. The number of nitrogens with one attached hydrogen (secondary N) is 1. The van der Waals surface area contributed by atoms with Gasteiger partial charge in [0.15, 0.2) is 0 Å². The van der Waals surface area contributed by atoms with Gasteiger partial charge in [-0.25, -0.2) is 0 Å². The van der Waals surface area contributed by atoms with Gasteiger partial charge in [0, 0.05) is 6.54 Å². The first kappa shape index (κ1) is 28.0. The van der Waals surface area contributed by atoms with Crippen LogP contribution in [0.25, 0.3) is 0 Å². The molecule has 0 aromatic carbocycles. The third kappa shape index (κ3) is 26.0. The van der Waals surface area contributed by atoms with Crippen molar-refractivity contribution >= 4 is 0 Å². The summed E-state index contributed by atoms with van der Waals surface area (Å²) in [5.41, 5.74) is 7.13. The maximum atomic E-state index is 7.13. The van der Waals surface area contributed by atoms with E-state index in [1.54, 1.807) is 0 Å². The third-order valence-corrected chi connectivity index (χ3v) is 6.28. The van der Waals surface area contributed by atoms with E-state index < -0.39 is 0 Å². The molecule has 0 atom stereocenters. The Morgan fingerprint density at radius 2 is 0.464 bits per heavy atom. The molecule has 0 unspecified atom stereocenters. The van der Waals surface area contributed by atoms with E-state index in [9.17, 15) is 0 Å². The van der Waals surface area contributed by atoms with Crippen LogP contribution in [-0.4, -0.2) is 6.54 Å². The number of hydrogen-bond donors (Lipinski definition) is 0. The van der Waals surface area contributed by atoms with Crippen LogP contribution in [0.2, 0.25) is 0 Å². The van der Waals surface area contributed by atoms with E-state index in [-0.39, 0.29) is 0 Å². The van der Waals surface area contributed by atoms with Gasteiger partial charge in [-0.05, 0) is 6.42 Å². The van der Waals surface area contributed by atoms with Crippen LogP contribution in [0.4, 0.5) is 0 Å². The van der Waals surface area contributed by atoms with Crippen LogP contribution in [0.5, 0.6) is 0 Å². The van der Waals surface area contributed by atoms with Gasteiger partial charge in [0.25, 0.3) is 0 Å². The summed E-state index contributed by atoms with van der Waals surface area (Å²) in [4.78, 5) is 0. The molecule has 0 saturated heterocycles. The molecule has 169 valence electrons. The molecule has 0 aliphatic heterocycles. The molecule has 28 heavy (non-hydrogen) atoms. The standard InChI is InChI=1S/C27H56N/c1-2-3-4-5-6-7-8-9-10-11-12-13-14-15-16-17-18-19-20-21-22-23-24-25-26-27-28/h28H,2-27H2,1H3. The van der Waals surface area contributed by atoms with Gasteiger partial charge >= 0.3 is 0 Å². The minimum absolute atomic E-state index is 0.624. The van der Waals surface area contributed by atoms with Crippen molar-refractivity contribution in [3.8, 4) is 0 Å². The van der Waals surface area contributed by atoms with Gasteiger partial charge in [0.05, 0.1) is 0 Å². The third-order valence-electron chi connectivity index (χ3n) is 6.28. The molecule has 1 radical (unpaired) electrons. The lowest BCUT2D eigenvalue weighted by Gasteiger charge is -2.04. The van der Waals surface area contributed by atoms with Crippen molar-refractivity contribution in [2.75, 3.05) is 6.54 Å². The van der Waals surface area contributed by atoms with Gasteiger partial charge in [-0.1, -0.05) is 161 Å². The first-order valence-electron chi connectivity index (χ1n) is 13.6. The summed E-state index contributed by atoms with van der Waals surface area (Å²) in [6.45, 7) is 2.92. The molecule has 0 heterocycles. The topological polar surface area (TPSA) is 23.8 Å². The zero-order valence-electron chi connectivity index (χ0n) is 19.9. The Morgan fingerprint density at radius 3 is 0.643 bits per heavy atom. The minimum atomic E-state index is 0.624. The Morgan fingerprint density at radius 1 is 0.286 bits per heavy atom. The van der Waals surface area contributed by atoms with Crippen LogP contribution in [0, 0.1) is 0 Å². The van der Waals surface area contributed by atoms with E-state index >= 15 is 0 Å². The van der Waals surface area contributed by atoms with Crippen molar-refractivity contribution in [3.05, 3.63) is 0 Å². The number of hydrogen-bond acceptors (Lipinski definition) is 0. The first-order chi connectivity index (χ1) is 13.9. The smallest absolute Gasteiger partial charge is 0.00997 e. The number of unbranched alkanes of at least 4 members (excludes halogenated alkanes) is 24. The average Bonchev–Trinajstić information content (AvgIpc) is 2.71. The lowest BCUT2D eigenvalue weighted by molar-refractivity contribution is 0.516. The van der Waals surface area contributed by atoms with Gasteiger partial charge in [0.1, 0.15) is 0 Å². The quantitative estimate of drug-likeness (QED) is 0.137. The summed E-state index contributed by atoms with van der Waals surface area (Å²) >= 11 is 0. The van der Waals surface area contributed by atoms with Crippen LogP contribution in [0.3, 0.4) is 0 Å². The van der Waals surface area contributed by atoms with Gasteiger partial charge in [-0.2, -0.15) is 0 Å². The van der Waals surface area contributed by atoms with E-state index in [0.717, 1.165) is 6.42 Å². The van der Waals surface area contributed by atoms with Gasteiger partial charge < -0.3 is 0 Å². The van der Waals surface area contributed by atoms with E-state index in [0.29, 0.717) is 6.54 Å². The maximum Gasteiger partial charge on any atom is 0.00997 e. The van der Waals surface area contributed by atoms with Crippen molar-refractivity contribution in [1.82, 2.24) is 5.73 Å². The molecular weight excluding hydrogens is 338 g/mol. The van der Waals surface area contributed by atoms with E-state index in [4.69, 9.17) is 5.73 Å². The molecule has 1 nitrogen and oxygen atoms in total. The summed E-state index contributed by atoms with van der Waals surface area (Å²) in [6, 6.07) is 0. The Balaban J connectivity index is 2.96. The van der Waals surface area contributed by atoms with Gasteiger partial charge in [-0.3, -0.25) is 5.73 Å². The lowest BCUT2D eigenvalue weighted by Crippen LogP contribution is -1.86. The predicted molar refractivity (Wildman–Crippen MR) is 129 cm³/mol. The molecule has 0 bridgehead atoms. The Kier molecular flexibility index (Phi) is 26.9. The second kappa shape index (κ2) is 27.0. The molecule has 0 aromatic heterocycles. The molecule has 0 aliphatic carbocycles. The normalized spacial score (nSPS) is 11.4. The predicted octanol–water partition coefficient (Wildman–Crippen LogP) is 10.0. The van der Waals surface area contributed by atoms with Crippen molar-refractivity contribution in [3.63, 3.8) is 0 Å². The highest BCUT2D eigenvalue weighted by Gasteiger charge is 1.96. The fourth-order valence-corrected chi connectivity index (χ4v) is 4.26. The summed E-state index contributed by atoms with van der Waals surface area (Å²) in [6.07, 6.45) is 35.9. The van der Waals surface area contributed by atoms with Crippen molar-refractivity contribution in [2.45, 2.75) is 167 Å². The summed E-state index contributed by atoms with van der Waals surface area (Å²) in [5.74, 6) is 0. The van der Waals surface area contributed by atoms with Gasteiger partial charge in [-0.15, -0.1) is 0 Å². The number of rotatable bonds is 25. The summed E-state index contributed by atoms with van der Waals surface area (Å²) in [5, 5.41) is 0. The minimum Gasteiger partial charge on any atom is -0.258 e. The van der Waals surface area contributed by atoms with Crippen LogP contribution in [0.1, 0.15) is 167 Å². The van der Waals surface area contributed by atoms with Crippen molar-refractivity contribution in [2.24, 2.45) is 0 Å². The SMILES string of the molecule is CCCCCCCCCCCCCCCCCCCCCCCCCCC[NH]. The monoisotopic (exact) mass is 394 g/mol. The molecule has 0 fully saturated rings. The highest BCUT2D eigenvalue weighted by molar-refractivity contribution is 4.51. The van der Waals surface area contributed by atoms with Crippen LogP contribution in [-0.2, 0) is 0 Å². The molecule has 1 heteroatoms. The van der Waals surface area contributed by atoms with Gasteiger partial charge in [0.2, 0.25) is 0 Å². The Labute approximate surface area is 180 Å². The highest BCUT2D eigenvalue weighted by atomic mass is 14.5. The van der Waals surface area contributed by atoms with E-state index in [1.807, 2.05) is 0 Å². The molecule has 0 amide bonds. The second-order valence-electron chi connectivity index (χ2n) is 9.24. The molecule has 0 spiro atoms. The molecular formula is C27H56N. The first-order valence-corrected chi connectivity index (χ1v) is 13.6. The molecule has 0 aromatic rings. The van der Waals surface area contributed by atoms with Crippen LogP contribution in [0.15, 0.2) is 0 Å². The molecule has 0 rings (SSSR count). The average molecular weight is 395 g/mol. The fourth-order valence-electron chi connectivity index (χ4n) is 4.26. The fraction of sp³-hybridized carbons (Fsp3) is 1.00. The molecule has 0 saturated carbocycles. The summed E-state index contributed by atoms with van der Waals surface area (Å²) < 4.78 is 0. The highest BCUT2D eigenvalue weighted by Crippen LogP contribution is 2.15. The van der Waals surface area contributed by atoms with Crippen molar-refractivity contribution in [1.29, 1.82) is 0 Å². The molecule has 1 N–H and O–H groups in total. The Bertz CT molecular complexity index is 225. The zero-order valence-corrected chi connectivity index (χ0v) is 19.9. The van der Waals surface area contributed by atoms with E-state index in [2.05, 4.69) is 6.92 Å². The largest absolute Gasteiger partial charge is 0.258 e. The molecule has 0 aliphatic rings. The van der Waals surface area contributed by atoms with Crippen molar-refractivity contribution < 1.29 is 0 Å². The van der Waals surface area contributed by atoms with Crippen LogP contribution >= 0.6 is 0 Å². The lowest BCUT2D eigenvalue weighted by atomic mass is 10.0. The second-order valence-corrected chi connectivity index (χ2v) is 9.24. The van der Waals surface area contributed by atoms with E-state index in [1.165, 1.54) is 154 Å².